The van der Waals surface area contributed by atoms with Gasteiger partial charge in [0.15, 0.2) is 55.8 Å². The van der Waals surface area contributed by atoms with Crippen molar-refractivity contribution < 1.29 is 203 Å². The van der Waals surface area contributed by atoms with Crippen LogP contribution in [0.25, 0.3) is 11.0 Å². The SMILES string of the molecule is O=[N+]([O-])c1ccc(NC[C@H]2O[C@@H]3O[C@H]4[C@H](O)[C@@H](O)[C@@H](O[C@H]5[C@H](O)[C@@H](O)[C@@H](O[C@H]6[C@H](O)[C@@H](O)[C@@H](O[C@H]7[C@H](O)[C@@H](O)[C@@H](O[C@H]8[C@H](O)[C@@H](O)[C@@H](O[C@H]9[C@H](O)[C@@H](O)[C@@H](O[C@H]%10[C@H](O)[C@@H](O)[C@@H](O[C@H]2[C@H](O)[C@H]3O)O[C@@H]%10CO)O[C@@H]9CO)O[C@@H]8CO)O[C@@H]7CO)O[C@@H]6CO)O[C@@H]5CO)O[C@@H]4CO)c2nonc12. The number of aliphatic hydroxyl groups is 23. The van der Waals surface area contributed by atoms with Gasteiger partial charge in [-0.05, 0) is 16.4 Å². The maximum absolute atomic E-state index is 12.0. The number of aliphatic hydroxyl groups excluding tert-OH is 23. The van der Waals surface area contributed by atoms with Gasteiger partial charge in [0.05, 0.1) is 56.9 Å². The van der Waals surface area contributed by atoms with E-state index < -0.39 is 309 Å². The van der Waals surface area contributed by atoms with Gasteiger partial charge in [0.1, 0.15) is 195 Å². The molecule has 32 rings (SSSR count). The summed E-state index contributed by atoms with van der Waals surface area (Å²) in [6, 6.07) is 2.18. The molecule has 0 amide bonds. The Morgan fingerprint density at radius 3 is 0.710 bits per heavy atom. The Hall–Kier alpha value is -3.74. The molecule has 2 aromatic rings. The van der Waals surface area contributed by atoms with Crippen LogP contribution in [-0.2, 0) is 75.8 Å². The second kappa shape index (κ2) is 32.5. The first-order valence-corrected chi connectivity index (χ1v) is 31.5. The molecule has 31 heterocycles. The van der Waals surface area contributed by atoms with Gasteiger partial charge in [-0.2, -0.15) is 0 Å². The number of nitro groups is 1. The van der Waals surface area contributed by atoms with Crippen molar-refractivity contribution in [3.05, 3.63) is 22.2 Å². The van der Waals surface area contributed by atoms with Crippen LogP contribution in [0.5, 0.6) is 0 Å². The van der Waals surface area contributed by atoms with Crippen LogP contribution in [0.15, 0.2) is 16.8 Å². The van der Waals surface area contributed by atoms with Gasteiger partial charge in [0, 0.05) is 12.6 Å². The maximum Gasteiger partial charge on any atom is 0.300 e. The highest BCUT2D eigenvalue weighted by Crippen LogP contribution is 2.41. The van der Waals surface area contributed by atoms with Gasteiger partial charge in [-0.3, -0.25) is 10.1 Å². The average molecular weight is 1460 g/mol. The first kappa shape index (κ1) is 77.4. The van der Waals surface area contributed by atoms with Crippen molar-refractivity contribution in [2.75, 3.05) is 58.1 Å². The van der Waals surface area contributed by atoms with Gasteiger partial charge in [-0.1, -0.05) is 0 Å². The number of nitro benzene ring substituents is 1. The minimum atomic E-state index is -2.33. The van der Waals surface area contributed by atoms with E-state index in [-0.39, 0.29) is 16.7 Å². The normalized spacial score (nSPS) is 50.1. The van der Waals surface area contributed by atoms with Crippen molar-refractivity contribution in [1.82, 2.24) is 10.3 Å². The molecule has 0 aliphatic carbocycles. The summed E-state index contributed by atoms with van der Waals surface area (Å²) >= 11 is 0. The van der Waals surface area contributed by atoms with Gasteiger partial charge in [0.2, 0.25) is 5.52 Å². The Morgan fingerprint density at radius 1 is 0.300 bits per heavy atom. The fraction of sp³-hybridized carbons (Fsp3) is 0.889. The lowest BCUT2D eigenvalue weighted by atomic mass is 9.94. The van der Waals surface area contributed by atoms with E-state index in [9.17, 15) is 128 Å². The largest absolute Gasteiger partial charge is 0.394 e. The fourth-order valence-corrected chi connectivity index (χ4v) is 13.3. The molecular formula is C54H82N4O42. The van der Waals surface area contributed by atoms with Gasteiger partial charge < -0.3 is 199 Å². The van der Waals surface area contributed by atoms with Crippen LogP contribution in [0.2, 0.25) is 0 Å². The van der Waals surface area contributed by atoms with Crippen molar-refractivity contribution in [3.8, 4) is 0 Å². The van der Waals surface area contributed by atoms with Crippen LogP contribution < -0.4 is 5.32 Å². The zero-order valence-corrected chi connectivity index (χ0v) is 51.8. The lowest BCUT2D eigenvalue weighted by molar-refractivity contribution is -0.403. The monoisotopic (exact) mass is 1460 g/mol. The first-order valence-electron chi connectivity index (χ1n) is 31.5. The van der Waals surface area contributed by atoms with Crippen molar-refractivity contribution in [2.45, 2.75) is 246 Å². The molecule has 24 N–H and O–H groups in total. The predicted octanol–water partition coefficient (Wildman–Crippen LogP) is -15.8. The molecule has 30 aliphatic rings. The number of ether oxygens (including phenoxy) is 16. The Bertz CT molecular complexity index is 2940. The van der Waals surface area contributed by atoms with E-state index in [1.165, 1.54) is 0 Å². The molecule has 16 bridgehead atoms. The molecule has 46 nitrogen and oxygen atoms in total. The lowest BCUT2D eigenvalue weighted by Gasteiger charge is -2.50. The number of nitrogens with one attached hydrogen (secondary N) is 1. The number of hydrogen-bond acceptors (Lipinski definition) is 45. The molecule has 30 saturated heterocycles. The summed E-state index contributed by atoms with van der Waals surface area (Å²) in [6.45, 7) is -8.43. The standard InChI is InChI=1S/C54H82N4O42/c59-4-14-40-25(68)33(76)49(86-14)95-42-16(6-61)88-51(35(78)27(42)70)97-44-18(8-63)90-53(37(80)29(44)72)99-46-20(10-65)91-54(38(81)30(46)73)98-45-19(9-64)89-52(36(79)28(45)71)96-43-17(7-62)87-50(34(77)26(43)69)94-41-15(5-60)85-48(32(75)24(41)67)92-39-13(84-47(93-40)31(74)23(39)66)3-55-11-1-2-12(58(82)83)22-21(11)56-100-57-22/h1-2,13-20,23-55,59-81H,3-10H2/t13-,14-,15-,16-,17-,18-,19-,20-,23-,24-,25-,26-,27-,28-,29-,30-,31-,32-,33-,34-,35-,36-,37-,38-,39-,40-,41-,42-,43-,44-,45-,46-,47-,48-,49-,50-,51-,52-,53-,54-/m1/s1. The number of non-ortho nitro benzene ring substituents is 1. The Kier molecular flexibility index (Phi) is 25.2. The molecule has 46 heteroatoms. The second-order valence-electron chi connectivity index (χ2n) is 25.0. The van der Waals surface area contributed by atoms with Gasteiger partial charge in [0.25, 0.3) is 0 Å². The minimum absolute atomic E-state index is 0.0508. The zero-order chi connectivity index (χ0) is 72.2. The van der Waals surface area contributed by atoms with Crippen LogP contribution >= 0.6 is 0 Å². The summed E-state index contributed by atoms with van der Waals surface area (Å²) < 4.78 is 97.5. The highest BCUT2D eigenvalue weighted by Gasteiger charge is 2.60. The van der Waals surface area contributed by atoms with Gasteiger partial charge >= 0.3 is 5.69 Å². The third kappa shape index (κ3) is 14.9. The Morgan fingerprint density at radius 2 is 0.500 bits per heavy atom. The molecule has 570 valence electrons. The molecule has 30 aliphatic heterocycles. The molecule has 30 fully saturated rings. The van der Waals surface area contributed by atoms with Crippen molar-refractivity contribution in [2.24, 2.45) is 0 Å². The van der Waals surface area contributed by atoms with E-state index in [2.05, 4.69) is 15.6 Å². The minimum Gasteiger partial charge on any atom is -0.394 e. The third-order valence-electron chi connectivity index (χ3n) is 18.8. The quantitative estimate of drug-likeness (QED) is 0.0734. The highest BCUT2D eigenvalue weighted by atomic mass is 16.8. The Labute approximate surface area is 560 Å². The summed E-state index contributed by atoms with van der Waals surface area (Å²) in [7, 11) is 0. The van der Waals surface area contributed by atoms with Crippen LogP contribution in [-0.4, -0.2) is 431 Å². The molecule has 0 radical (unpaired) electrons. The Balaban J connectivity index is 0.881. The number of fused-ring (bicyclic) bond motifs is 1. The van der Waals surface area contributed by atoms with Crippen molar-refractivity contribution in [3.63, 3.8) is 0 Å². The summed E-state index contributed by atoms with van der Waals surface area (Å²) in [4.78, 5) is 11.0. The molecule has 100 heavy (non-hydrogen) atoms. The third-order valence-corrected chi connectivity index (χ3v) is 18.8. The van der Waals surface area contributed by atoms with E-state index >= 15 is 0 Å². The molecule has 1 aromatic carbocycles. The number of benzene rings is 1. The zero-order valence-electron chi connectivity index (χ0n) is 51.8. The number of aromatic nitrogens is 2. The molecule has 0 unspecified atom stereocenters. The topological polar surface area (TPSA) is 707 Å². The molecule has 0 spiro atoms. The number of nitrogens with zero attached hydrogens (tertiary/aromatic N) is 3. The summed E-state index contributed by atoms with van der Waals surface area (Å²) in [5, 5.41) is 281. The van der Waals surface area contributed by atoms with Crippen LogP contribution in [0.1, 0.15) is 0 Å². The maximum atomic E-state index is 12.0. The summed E-state index contributed by atoms with van der Waals surface area (Å²) in [5.74, 6) is 0. The van der Waals surface area contributed by atoms with E-state index in [1.807, 2.05) is 0 Å². The smallest absolute Gasteiger partial charge is 0.300 e. The van der Waals surface area contributed by atoms with Crippen LogP contribution in [0.3, 0.4) is 0 Å². The average Bonchev–Trinajstić information content (AvgIpc) is 0.993. The first-order chi connectivity index (χ1) is 47.7. The van der Waals surface area contributed by atoms with Gasteiger partial charge in [-0.15, -0.1) is 0 Å². The summed E-state index contributed by atoms with van der Waals surface area (Å²) in [6.07, 6.45) is -83.8. The highest BCUT2D eigenvalue weighted by molar-refractivity contribution is 5.93. The van der Waals surface area contributed by atoms with E-state index in [1.54, 1.807) is 0 Å². The van der Waals surface area contributed by atoms with E-state index in [0.29, 0.717) is 0 Å². The van der Waals surface area contributed by atoms with E-state index in [4.69, 9.17) is 80.4 Å². The lowest BCUT2D eigenvalue weighted by Crippen LogP contribution is -2.69. The number of anilines is 1. The number of hydrogen-bond donors (Lipinski definition) is 24. The van der Waals surface area contributed by atoms with Crippen molar-refractivity contribution in [1.29, 1.82) is 0 Å². The molecular weight excluding hydrogens is 1380 g/mol. The second-order valence-corrected chi connectivity index (χ2v) is 25.0. The van der Waals surface area contributed by atoms with Crippen molar-refractivity contribution >= 4 is 22.4 Å². The van der Waals surface area contributed by atoms with Gasteiger partial charge in [-0.25, -0.2) is 4.63 Å². The predicted molar refractivity (Wildman–Crippen MR) is 301 cm³/mol. The summed E-state index contributed by atoms with van der Waals surface area (Å²) in [5.41, 5.74) is -1.17. The fourth-order valence-electron chi connectivity index (χ4n) is 13.3. The van der Waals surface area contributed by atoms with E-state index in [0.717, 1.165) is 12.1 Å². The van der Waals surface area contributed by atoms with Crippen LogP contribution in [0.4, 0.5) is 11.4 Å². The van der Waals surface area contributed by atoms with Crippen LogP contribution in [0, 0.1) is 10.1 Å². The molecule has 0 saturated carbocycles. The number of rotatable bonds is 11. The molecule has 1 aromatic heterocycles. The molecule has 40 atom stereocenters.